The molecule has 0 aliphatic carbocycles. The normalized spacial score (nSPS) is 12.4. The zero-order valence-electron chi connectivity index (χ0n) is 22.4. The molecule has 1 heterocycles. The minimum Gasteiger partial charge on any atom is -0.507 e. The maximum absolute atomic E-state index is 11.2. The number of carboxylic acid groups (broad SMARTS) is 1. The van der Waals surface area contributed by atoms with Crippen molar-refractivity contribution in [1.29, 1.82) is 0 Å². The molecule has 7 nitrogen and oxygen atoms in total. The molecular weight excluding hydrogens is 458 g/mol. The molecular formula is C29H37NO6. The SMILES string of the molecule is CC(C)(Oc1ccc(OCCc2coc(-c3ccc(C(C)(C)C)c(O)c3C(C)(C)C)n2)cc1)C(=O)O. The quantitative estimate of drug-likeness (QED) is 0.367. The van der Waals surface area contributed by atoms with Gasteiger partial charge in [0.25, 0.3) is 0 Å². The Balaban J connectivity index is 1.70. The van der Waals surface area contributed by atoms with Gasteiger partial charge in [-0.15, -0.1) is 0 Å². The van der Waals surface area contributed by atoms with Gasteiger partial charge in [-0.2, -0.15) is 0 Å². The number of aromatic nitrogens is 1. The molecule has 1 aromatic heterocycles. The third kappa shape index (κ3) is 6.20. The smallest absolute Gasteiger partial charge is 0.347 e. The van der Waals surface area contributed by atoms with Crippen LogP contribution in [0.5, 0.6) is 17.2 Å². The van der Waals surface area contributed by atoms with Gasteiger partial charge in [0.2, 0.25) is 5.89 Å². The second kappa shape index (κ2) is 9.88. The van der Waals surface area contributed by atoms with E-state index in [-0.39, 0.29) is 16.6 Å². The molecule has 2 N–H and O–H groups in total. The Morgan fingerprint density at radius 3 is 2.08 bits per heavy atom. The zero-order valence-corrected chi connectivity index (χ0v) is 22.4. The van der Waals surface area contributed by atoms with Crippen molar-refractivity contribution in [2.75, 3.05) is 6.61 Å². The highest BCUT2D eigenvalue weighted by Crippen LogP contribution is 2.44. The van der Waals surface area contributed by atoms with Gasteiger partial charge in [0.15, 0.2) is 5.60 Å². The predicted molar refractivity (Wildman–Crippen MR) is 139 cm³/mol. The lowest BCUT2D eigenvalue weighted by Gasteiger charge is -2.28. The molecule has 0 aliphatic rings. The first-order valence-corrected chi connectivity index (χ1v) is 12.1. The number of aromatic hydroxyl groups is 1. The van der Waals surface area contributed by atoms with Crippen molar-refractivity contribution in [1.82, 2.24) is 4.98 Å². The number of benzene rings is 2. The summed E-state index contributed by atoms with van der Waals surface area (Å²) in [6.07, 6.45) is 2.15. The van der Waals surface area contributed by atoms with Gasteiger partial charge in [0.05, 0.1) is 12.3 Å². The number of hydrogen-bond acceptors (Lipinski definition) is 6. The van der Waals surface area contributed by atoms with Crippen molar-refractivity contribution in [3.8, 4) is 28.7 Å². The number of aliphatic carboxylic acids is 1. The van der Waals surface area contributed by atoms with E-state index in [1.165, 1.54) is 13.8 Å². The molecule has 3 rings (SSSR count). The number of nitrogens with zero attached hydrogens (tertiary/aromatic N) is 1. The van der Waals surface area contributed by atoms with Gasteiger partial charge < -0.3 is 24.1 Å². The lowest BCUT2D eigenvalue weighted by molar-refractivity contribution is -0.152. The first-order valence-electron chi connectivity index (χ1n) is 12.1. The molecule has 194 valence electrons. The van der Waals surface area contributed by atoms with Crippen molar-refractivity contribution in [3.63, 3.8) is 0 Å². The van der Waals surface area contributed by atoms with Crippen LogP contribution in [0.4, 0.5) is 0 Å². The first kappa shape index (κ1) is 27.1. The summed E-state index contributed by atoms with van der Waals surface area (Å²) in [5.74, 6) is 0.802. The van der Waals surface area contributed by atoms with Gasteiger partial charge in [-0.05, 0) is 60.6 Å². The molecule has 0 fully saturated rings. The fourth-order valence-electron chi connectivity index (χ4n) is 3.89. The lowest BCUT2D eigenvalue weighted by atomic mass is 9.77. The average Bonchev–Trinajstić information content (AvgIpc) is 3.21. The maximum Gasteiger partial charge on any atom is 0.347 e. The Labute approximate surface area is 213 Å². The molecule has 0 unspecified atom stereocenters. The van der Waals surface area contributed by atoms with Crippen molar-refractivity contribution >= 4 is 5.97 Å². The standard InChI is InChI=1S/C29H37NO6/c1-27(2,3)22-14-13-21(23(24(22)31)28(4,5)6)25-30-18(17-35-25)15-16-34-19-9-11-20(12-10-19)36-29(7,8)26(32)33/h9-14,17,31H,15-16H2,1-8H3,(H,32,33). The van der Waals surface area contributed by atoms with Crippen LogP contribution >= 0.6 is 0 Å². The third-order valence-corrected chi connectivity index (χ3v) is 5.86. The molecule has 0 aliphatic heterocycles. The van der Waals surface area contributed by atoms with E-state index >= 15 is 0 Å². The van der Waals surface area contributed by atoms with E-state index in [0.717, 1.165) is 22.4 Å². The van der Waals surface area contributed by atoms with Gasteiger partial charge in [0, 0.05) is 17.5 Å². The van der Waals surface area contributed by atoms with E-state index in [9.17, 15) is 15.0 Å². The van der Waals surface area contributed by atoms with E-state index in [1.807, 2.05) is 12.1 Å². The van der Waals surface area contributed by atoms with Gasteiger partial charge in [0.1, 0.15) is 23.5 Å². The van der Waals surface area contributed by atoms with Crippen molar-refractivity contribution in [3.05, 3.63) is 59.5 Å². The molecule has 0 spiro atoms. The van der Waals surface area contributed by atoms with E-state index in [4.69, 9.17) is 13.9 Å². The van der Waals surface area contributed by atoms with E-state index in [2.05, 4.69) is 46.5 Å². The summed E-state index contributed by atoms with van der Waals surface area (Å²) in [5.41, 5.74) is 1.40. The molecule has 0 saturated carbocycles. The summed E-state index contributed by atoms with van der Waals surface area (Å²) in [6, 6.07) is 10.7. The summed E-state index contributed by atoms with van der Waals surface area (Å²) in [5, 5.41) is 20.4. The number of phenols is 1. The molecule has 0 atom stereocenters. The Hall–Kier alpha value is -3.48. The van der Waals surface area contributed by atoms with E-state index < -0.39 is 11.6 Å². The van der Waals surface area contributed by atoms with Crippen LogP contribution in [0.25, 0.3) is 11.5 Å². The molecule has 0 amide bonds. The molecule has 2 aromatic carbocycles. The third-order valence-electron chi connectivity index (χ3n) is 5.86. The van der Waals surface area contributed by atoms with Crippen LogP contribution < -0.4 is 9.47 Å². The second-order valence-electron chi connectivity index (χ2n) is 11.5. The number of hydrogen-bond donors (Lipinski definition) is 2. The fraction of sp³-hybridized carbons (Fsp3) is 0.448. The van der Waals surface area contributed by atoms with Gasteiger partial charge in [-0.1, -0.05) is 47.6 Å². The van der Waals surface area contributed by atoms with Crippen LogP contribution in [-0.4, -0.2) is 33.4 Å². The number of carboxylic acids is 1. The topological polar surface area (TPSA) is 102 Å². The highest BCUT2D eigenvalue weighted by Gasteiger charge is 2.30. The van der Waals surface area contributed by atoms with Crippen LogP contribution in [-0.2, 0) is 22.0 Å². The summed E-state index contributed by atoms with van der Waals surface area (Å²) >= 11 is 0. The Morgan fingerprint density at radius 2 is 1.53 bits per heavy atom. The number of carbonyl (C=O) groups is 1. The maximum atomic E-state index is 11.2. The number of rotatable bonds is 8. The molecule has 7 heteroatoms. The van der Waals surface area contributed by atoms with Crippen LogP contribution in [0.3, 0.4) is 0 Å². The fourth-order valence-corrected chi connectivity index (χ4v) is 3.89. The van der Waals surface area contributed by atoms with Crippen LogP contribution in [0.15, 0.2) is 47.1 Å². The summed E-state index contributed by atoms with van der Waals surface area (Å²) in [7, 11) is 0. The average molecular weight is 496 g/mol. The van der Waals surface area contributed by atoms with Crippen LogP contribution in [0, 0.1) is 0 Å². The summed E-state index contributed by atoms with van der Waals surface area (Å²) in [4.78, 5) is 15.9. The summed E-state index contributed by atoms with van der Waals surface area (Å²) in [6.45, 7) is 15.8. The number of phenolic OH excluding ortho intramolecular Hbond substituents is 1. The predicted octanol–water partition coefficient (Wildman–Crippen LogP) is 6.51. The lowest BCUT2D eigenvalue weighted by Crippen LogP contribution is -2.37. The second-order valence-corrected chi connectivity index (χ2v) is 11.5. The molecule has 0 saturated heterocycles. The van der Waals surface area contributed by atoms with E-state index in [0.29, 0.717) is 30.4 Å². The van der Waals surface area contributed by atoms with Gasteiger partial charge in [-0.25, -0.2) is 9.78 Å². The van der Waals surface area contributed by atoms with Gasteiger partial charge in [-0.3, -0.25) is 0 Å². The molecule has 0 radical (unpaired) electrons. The minimum absolute atomic E-state index is 0.196. The van der Waals surface area contributed by atoms with Crippen molar-refractivity contribution in [2.45, 2.75) is 78.2 Å². The Morgan fingerprint density at radius 1 is 0.917 bits per heavy atom. The number of ether oxygens (including phenoxy) is 2. The van der Waals surface area contributed by atoms with E-state index in [1.54, 1.807) is 30.5 Å². The van der Waals surface area contributed by atoms with Crippen LogP contribution in [0.2, 0.25) is 0 Å². The van der Waals surface area contributed by atoms with Gasteiger partial charge >= 0.3 is 5.97 Å². The highest BCUT2D eigenvalue weighted by molar-refractivity contribution is 5.76. The molecule has 0 bridgehead atoms. The summed E-state index contributed by atoms with van der Waals surface area (Å²) < 4.78 is 17.1. The minimum atomic E-state index is -1.32. The first-order chi connectivity index (χ1) is 16.6. The molecule has 36 heavy (non-hydrogen) atoms. The highest BCUT2D eigenvalue weighted by atomic mass is 16.5. The Bertz CT molecular complexity index is 1210. The molecule has 3 aromatic rings. The monoisotopic (exact) mass is 495 g/mol. The van der Waals surface area contributed by atoms with Crippen LogP contribution in [0.1, 0.15) is 72.2 Å². The Kier molecular flexibility index (Phi) is 7.44. The van der Waals surface area contributed by atoms with Crippen molar-refractivity contribution in [2.24, 2.45) is 0 Å². The largest absolute Gasteiger partial charge is 0.507 e. The van der Waals surface area contributed by atoms with Crippen molar-refractivity contribution < 1.29 is 28.9 Å². The number of oxazole rings is 1. The zero-order chi connectivity index (χ0) is 26.9.